The molecule has 0 unspecified atom stereocenters. The number of aromatic nitrogens is 1. The van der Waals surface area contributed by atoms with Crippen molar-refractivity contribution in [2.45, 2.75) is 27.3 Å². The summed E-state index contributed by atoms with van der Waals surface area (Å²) in [6.07, 6.45) is 0. The number of benzene rings is 1. The fraction of sp³-hybridized carbons (Fsp3) is 0.222. The number of amides is 1. The molecule has 1 amide bonds. The van der Waals surface area contributed by atoms with Crippen molar-refractivity contribution in [3.8, 4) is 10.6 Å². The average Bonchev–Trinajstić information content (AvgIpc) is 3.12. The number of carbonyl (C=O) groups excluding carboxylic acids is 1. The standard InChI is InChI=1S/C18H19N3OS2/c1-11-6-12(2)8-14(7-11)20-18-21-16(10-23-18)17-5-4-15(24-17)9-19-13(3)22/h4-8,10H,9H2,1-3H3,(H,19,22)(H,20,21). The number of aryl methyl sites for hydroxylation is 2. The zero-order chi connectivity index (χ0) is 17.1. The molecule has 0 spiro atoms. The minimum atomic E-state index is -0.0152. The summed E-state index contributed by atoms with van der Waals surface area (Å²) in [5.74, 6) is -0.0152. The summed E-state index contributed by atoms with van der Waals surface area (Å²) < 4.78 is 0. The van der Waals surface area contributed by atoms with E-state index in [-0.39, 0.29) is 5.91 Å². The molecule has 1 aromatic carbocycles. The van der Waals surface area contributed by atoms with Crippen LogP contribution in [-0.2, 0) is 11.3 Å². The fourth-order valence-corrected chi connectivity index (χ4v) is 4.15. The molecule has 0 atom stereocenters. The lowest BCUT2D eigenvalue weighted by molar-refractivity contribution is -0.119. The maximum absolute atomic E-state index is 11.0. The van der Waals surface area contributed by atoms with Gasteiger partial charge < -0.3 is 10.6 Å². The van der Waals surface area contributed by atoms with Crippen LogP contribution in [0.25, 0.3) is 10.6 Å². The quantitative estimate of drug-likeness (QED) is 0.685. The summed E-state index contributed by atoms with van der Waals surface area (Å²) in [7, 11) is 0. The first-order valence-corrected chi connectivity index (χ1v) is 9.33. The number of hydrogen-bond donors (Lipinski definition) is 2. The lowest BCUT2D eigenvalue weighted by atomic mass is 10.1. The molecule has 0 radical (unpaired) electrons. The third-order valence-electron chi connectivity index (χ3n) is 3.40. The fourth-order valence-electron chi connectivity index (χ4n) is 2.44. The number of thiophene rings is 1. The second kappa shape index (κ2) is 7.15. The van der Waals surface area contributed by atoms with Crippen molar-refractivity contribution in [2.75, 3.05) is 5.32 Å². The van der Waals surface area contributed by atoms with Gasteiger partial charge in [0.2, 0.25) is 5.91 Å². The van der Waals surface area contributed by atoms with Gasteiger partial charge in [-0.3, -0.25) is 4.79 Å². The first-order chi connectivity index (χ1) is 11.5. The van der Waals surface area contributed by atoms with E-state index in [0.29, 0.717) is 6.54 Å². The van der Waals surface area contributed by atoms with Crippen LogP contribution in [0, 0.1) is 13.8 Å². The summed E-state index contributed by atoms with van der Waals surface area (Å²) in [6, 6.07) is 10.5. The van der Waals surface area contributed by atoms with Crippen LogP contribution in [0.5, 0.6) is 0 Å². The highest BCUT2D eigenvalue weighted by atomic mass is 32.1. The molecule has 2 aromatic heterocycles. The Labute approximate surface area is 149 Å². The van der Waals surface area contributed by atoms with E-state index in [1.807, 2.05) is 6.07 Å². The van der Waals surface area contributed by atoms with Gasteiger partial charge in [-0.25, -0.2) is 4.98 Å². The summed E-state index contributed by atoms with van der Waals surface area (Å²) in [4.78, 5) is 17.9. The highest BCUT2D eigenvalue weighted by Gasteiger charge is 2.08. The lowest BCUT2D eigenvalue weighted by Crippen LogP contribution is -2.17. The third kappa shape index (κ3) is 4.21. The number of thiazole rings is 1. The molecule has 3 aromatic rings. The topological polar surface area (TPSA) is 54.0 Å². The molecule has 0 fully saturated rings. The van der Waals surface area contributed by atoms with E-state index < -0.39 is 0 Å². The summed E-state index contributed by atoms with van der Waals surface area (Å²) in [5.41, 5.74) is 4.49. The average molecular weight is 358 g/mol. The van der Waals surface area contributed by atoms with Gasteiger partial charge >= 0.3 is 0 Å². The van der Waals surface area contributed by atoms with Gasteiger partial charge in [0, 0.05) is 22.9 Å². The zero-order valence-corrected chi connectivity index (χ0v) is 15.5. The molecule has 2 heterocycles. The number of nitrogens with zero attached hydrogens (tertiary/aromatic N) is 1. The van der Waals surface area contributed by atoms with Crippen LogP contribution in [0.3, 0.4) is 0 Å². The molecule has 0 saturated heterocycles. The normalized spacial score (nSPS) is 10.6. The Kier molecular flexibility index (Phi) is 4.97. The molecule has 2 N–H and O–H groups in total. The summed E-state index contributed by atoms with van der Waals surface area (Å²) in [5, 5.41) is 9.13. The predicted octanol–water partition coefficient (Wildman–Crippen LogP) is 4.87. The molecule has 0 bridgehead atoms. The van der Waals surface area contributed by atoms with Crippen molar-refractivity contribution in [3.63, 3.8) is 0 Å². The number of hydrogen-bond acceptors (Lipinski definition) is 5. The maximum Gasteiger partial charge on any atom is 0.217 e. The van der Waals surface area contributed by atoms with Gasteiger partial charge in [0.25, 0.3) is 0 Å². The van der Waals surface area contributed by atoms with Crippen LogP contribution >= 0.6 is 22.7 Å². The molecule has 0 aliphatic carbocycles. The molecule has 124 valence electrons. The van der Waals surface area contributed by atoms with Gasteiger partial charge in [0.05, 0.1) is 17.1 Å². The van der Waals surface area contributed by atoms with E-state index in [9.17, 15) is 4.79 Å². The number of carbonyl (C=O) groups is 1. The van der Waals surface area contributed by atoms with E-state index in [1.165, 1.54) is 18.1 Å². The first kappa shape index (κ1) is 16.7. The van der Waals surface area contributed by atoms with Crippen molar-refractivity contribution in [1.29, 1.82) is 0 Å². The van der Waals surface area contributed by atoms with Gasteiger partial charge in [-0.2, -0.15) is 0 Å². The van der Waals surface area contributed by atoms with Crippen molar-refractivity contribution < 1.29 is 4.79 Å². The van der Waals surface area contributed by atoms with E-state index >= 15 is 0 Å². The molecule has 6 heteroatoms. The summed E-state index contributed by atoms with van der Waals surface area (Å²) in [6.45, 7) is 6.28. The SMILES string of the molecule is CC(=O)NCc1ccc(-c2csc(Nc3cc(C)cc(C)c3)n2)s1. The Morgan fingerprint density at radius 1 is 1.17 bits per heavy atom. The van der Waals surface area contributed by atoms with Crippen molar-refractivity contribution in [3.05, 3.63) is 51.7 Å². The van der Waals surface area contributed by atoms with Gasteiger partial charge in [-0.05, 0) is 49.2 Å². The molecule has 4 nitrogen and oxygen atoms in total. The van der Waals surface area contributed by atoms with E-state index in [4.69, 9.17) is 0 Å². The van der Waals surface area contributed by atoms with Crippen molar-refractivity contribution >= 4 is 39.4 Å². The molecule has 3 rings (SSSR count). The smallest absolute Gasteiger partial charge is 0.217 e. The molecular formula is C18H19N3OS2. The van der Waals surface area contributed by atoms with Crippen LogP contribution in [0.4, 0.5) is 10.8 Å². The second-order valence-corrected chi connectivity index (χ2v) is 7.74. The Morgan fingerprint density at radius 3 is 2.62 bits per heavy atom. The monoisotopic (exact) mass is 357 g/mol. The molecule has 0 aliphatic rings. The minimum Gasteiger partial charge on any atom is -0.351 e. The Balaban J connectivity index is 1.72. The van der Waals surface area contributed by atoms with Crippen LogP contribution < -0.4 is 10.6 Å². The Morgan fingerprint density at radius 2 is 1.92 bits per heavy atom. The second-order valence-electron chi connectivity index (χ2n) is 5.71. The Bertz CT molecular complexity index is 847. The van der Waals surface area contributed by atoms with Gasteiger partial charge in [-0.15, -0.1) is 22.7 Å². The molecule has 24 heavy (non-hydrogen) atoms. The van der Waals surface area contributed by atoms with Gasteiger partial charge in [-0.1, -0.05) is 6.07 Å². The predicted molar refractivity (Wildman–Crippen MR) is 102 cm³/mol. The highest BCUT2D eigenvalue weighted by Crippen LogP contribution is 2.32. The molecular weight excluding hydrogens is 338 g/mol. The highest BCUT2D eigenvalue weighted by molar-refractivity contribution is 7.17. The van der Waals surface area contributed by atoms with Crippen LogP contribution in [0.15, 0.2) is 35.7 Å². The number of nitrogens with one attached hydrogen (secondary N) is 2. The van der Waals surface area contributed by atoms with E-state index in [2.05, 4.69) is 59.1 Å². The number of rotatable bonds is 5. The van der Waals surface area contributed by atoms with E-state index in [0.717, 1.165) is 26.3 Å². The zero-order valence-electron chi connectivity index (χ0n) is 13.8. The van der Waals surface area contributed by atoms with Crippen LogP contribution in [0.2, 0.25) is 0 Å². The van der Waals surface area contributed by atoms with Gasteiger partial charge in [0.15, 0.2) is 5.13 Å². The van der Waals surface area contributed by atoms with E-state index in [1.54, 1.807) is 22.7 Å². The molecule has 0 aliphatic heterocycles. The largest absolute Gasteiger partial charge is 0.351 e. The van der Waals surface area contributed by atoms with Crippen LogP contribution in [0.1, 0.15) is 22.9 Å². The van der Waals surface area contributed by atoms with Gasteiger partial charge in [0.1, 0.15) is 0 Å². The summed E-state index contributed by atoms with van der Waals surface area (Å²) >= 11 is 3.25. The lowest BCUT2D eigenvalue weighted by Gasteiger charge is -2.05. The number of anilines is 2. The van der Waals surface area contributed by atoms with Crippen molar-refractivity contribution in [1.82, 2.24) is 10.3 Å². The minimum absolute atomic E-state index is 0.0152. The van der Waals surface area contributed by atoms with Crippen LogP contribution in [-0.4, -0.2) is 10.9 Å². The van der Waals surface area contributed by atoms with Crippen molar-refractivity contribution in [2.24, 2.45) is 0 Å². The molecule has 0 saturated carbocycles. The Hall–Kier alpha value is -2.18. The first-order valence-electron chi connectivity index (χ1n) is 7.64. The maximum atomic E-state index is 11.0. The third-order valence-corrected chi connectivity index (χ3v) is 5.27.